The van der Waals surface area contributed by atoms with E-state index in [4.69, 9.17) is 9.47 Å². The summed E-state index contributed by atoms with van der Waals surface area (Å²) in [6.45, 7) is 2.47. The second-order valence-electron chi connectivity index (χ2n) is 5.93. The fraction of sp³-hybridized carbons (Fsp3) is 0.150. The van der Waals surface area contributed by atoms with Gasteiger partial charge in [-0.15, -0.1) is 0 Å². The first kappa shape index (κ1) is 15.6. The van der Waals surface area contributed by atoms with Crippen LogP contribution >= 0.6 is 0 Å². The summed E-state index contributed by atoms with van der Waals surface area (Å²) in [6, 6.07) is 11.8. The first-order chi connectivity index (χ1) is 12.2. The molecule has 0 unspecified atom stereocenters. The number of hydrogen-bond donors (Lipinski definition) is 1. The lowest BCUT2D eigenvalue weighted by Crippen LogP contribution is -1.95. The van der Waals surface area contributed by atoms with Gasteiger partial charge in [-0.05, 0) is 49.4 Å². The van der Waals surface area contributed by atoms with E-state index in [0.29, 0.717) is 18.1 Å². The molecular formula is C20H17FN2O2. The van der Waals surface area contributed by atoms with Crippen LogP contribution in [0, 0.1) is 12.7 Å². The van der Waals surface area contributed by atoms with E-state index in [1.54, 1.807) is 19.2 Å². The molecule has 4 nitrogen and oxygen atoms in total. The zero-order valence-electron chi connectivity index (χ0n) is 14.0. The highest BCUT2D eigenvalue weighted by Crippen LogP contribution is 2.33. The number of methoxy groups -OCH3 is 1. The Morgan fingerprint density at radius 1 is 1.04 bits per heavy atom. The van der Waals surface area contributed by atoms with Gasteiger partial charge in [-0.2, -0.15) is 0 Å². The molecule has 2 aromatic heterocycles. The summed E-state index contributed by atoms with van der Waals surface area (Å²) in [4.78, 5) is 7.82. The zero-order chi connectivity index (χ0) is 17.4. The maximum atomic E-state index is 13.0. The number of fused-ring (bicyclic) bond motifs is 3. The van der Waals surface area contributed by atoms with E-state index in [1.807, 2.05) is 31.3 Å². The lowest BCUT2D eigenvalue weighted by Gasteiger charge is -2.08. The second kappa shape index (κ2) is 6.18. The number of nitrogens with zero attached hydrogens (tertiary/aromatic N) is 1. The van der Waals surface area contributed by atoms with Gasteiger partial charge in [-0.1, -0.05) is 0 Å². The predicted molar refractivity (Wildman–Crippen MR) is 95.5 cm³/mol. The molecule has 0 aliphatic rings. The zero-order valence-corrected chi connectivity index (χ0v) is 14.0. The Hall–Kier alpha value is -2.92. The number of aromatic nitrogens is 2. The summed E-state index contributed by atoms with van der Waals surface area (Å²) >= 11 is 0. The molecule has 0 saturated carbocycles. The van der Waals surface area contributed by atoms with Crippen LogP contribution in [0.4, 0.5) is 4.39 Å². The molecule has 4 rings (SSSR count). The molecule has 0 saturated heterocycles. The third-order valence-corrected chi connectivity index (χ3v) is 4.26. The van der Waals surface area contributed by atoms with E-state index >= 15 is 0 Å². The van der Waals surface area contributed by atoms with Crippen molar-refractivity contribution in [3.63, 3.8) is 0 Å². The van der Waals surface area contributed by atoms with Crippen LogP contribution in [0.15, 0.2) is 48.7 Å². The Kier molecular flexibility index (Phi) is 3.86. The minimum absolute atomic E-state index is 0.286. The molecule has 5 heteroatoms. The van der Waals surface area contributed by atoms with Gasteiger partial charge in [0.25, 0.3) is 0 Å². The van der Waals surface area contributed by atoms with Crippen molar-refractivity contribution in [2.45, 2.75) is 13.5 Å². The fourth-order valence-electron chi connectivity index (χ4n) is 3.06. The molecular weight excluding hydrogens is 319 g/mol. The van der Waals surface area contributed by atoms with Gasteiger partial charge in [0.05, 0.1) is 18.3 Å². The van der Waals surface area contributed by atoms with E-state index < -0.39 is 0 Å². The van der Waals surface area contributed by atoms with E-state index in [2.05, 4.69) is 9.97 Å². The standard InChI is InChI=1S/C20H17FN2O2/c1-12-17(11-24-2)20-16-9-15(25-14-5-3-13(21)4-6-14)7-8-18(16)23-19(20)10-22-12/h3-10,23H,11H2,1-2H3. The third kappa shape index (κ3) is 2.83. The van der Waals surface area contributed by atoms with E-state index in [-0.39, 0.29) is 5.82 Å². The molecule has 1 N–H and O–H groups in total. The number of nitrogens with one attached hydrogen (secondary N) is 1. The molecule has 0 fully saturated rings. The molecule has 25 heavy (non-hydrogen) atoms. The summed E-state index contributed by atoms with van der Waals surface area (Å²) < 4.78 is 24.3. The normalized spacial score (nSPS) is 11.3. The van der Waals surface area contributed by atoms with Crippen LogP contribution in [0.5, 0.6) is 11.5 Å². The minimum Gasteiger partial charge on any atom is -0.457 e. The minimum atomic E-state index is -0.286. The number of halogens is 1. The van der Waals surface area contributed by atoms with Crippen LogP contribution in [-0.4, -0.2) is 17.1 Å². The van der Waals surface area contributed by atoms with Crippen molar-refractivity contribution in [2.75, 3.05) is 7.11 Å². The molecule has 2 aromatic carbocycles. The number of rotatable bonds is 4. The van der Waals surface area contributed by atoms with Crippen LogP contribution in [0.2, 0.25) is 0 Å². The molecule has 0 aliphatic heterocycles. The topological polar surface area (TPSA) is 47.1 Å². The fourth-order valence-corrected chi connectivity index (χ4v) is 3.06. The molecule has 0 atom stereocenters. The van der Waals surface area contributed by atoms with Crippen molar-refractivity contribution in [1.82, 2.24) is 9.97 Å². The Morgan fingerprint density at radius 3 is 2.56 bits per heavy atom. The van der Waals surface area contributed by atoms with Crippen molar-refractivity contribution in [3.8, 4) is 11.5 Å². The van der Waals surface area contributed by atoms with Crippen molar-refractivity contribution >= 4 is 21.8 Å². The van der Waals surface area contributed by atoms with E-state index in [0.717, 1.165) is 33.1 Å². The largest absolute Gasteiger partial charge is 0.457 e. The highest BCUT2D eigenvalue weighted by Gasteiger charge is 2.13. The summed E-state index contributed by atoms with van der Waals surface area (Å²) in [7, 11) is 1.68. The van der Waals surface area contributed by atoms with Gasteiger partial charge in [-0.25, -0.2) is 4.39 Å². The van der Waals surface area contributed by atoms with Crippen molar-refractivity contribution < 1.29 is 13.9 Å². The first-order valence-corrected chi connectivity index (χ1v) is 7.98. The van der Waals surface area contributed by atoms with Crippen LogP contribution in [0.25, 0.3) is 21.8 Å². The van der Waals surface area contributed by atoms with Gasteiger partial charge in [0, 0.05) is 34.7 Å². The van der Waals surface area contributed by atoms with Gasteiger partial charge in [0.15, 0.2) is 0 Å². The maximum absolute atomic E-state index is 13.0. The SMILES string of the molecule is COCc1c(C)ncc2[nH]c3ccc(Oc4ccc(F)cc4)cc3c12. The Bertz CT molecular complexity index is 1050. The number of aryl methyl sites for hydroxylation is 1. The molecule has 0 radical (unpaired) electrons. The smallest absolute Gasteiger partial charge is 0.128 e. The molecule has 0 aliphatic carbocycles. The van der Waals surface area contributed by atoms with Crippen molar-refractivity contribution in [2.24, 2.45) is 0 Å². The molecule has 126 valence electrons. The van der Waals surface area contributed by atoms with Gasteiger partial charge in [0.2, 0.25) is 0 Å². The van der Waals surface area contributed by atoms with E-state index in [9.17, 15) is 4.39 Å². The summed E-state index contributed by atoms with van der Waals surface area (Å²) in [5.74, 6) is 1.00. The van der Waals surface area contributed by atoms with Crippen molar-refractivity contribution in [1.29, 1.82) is 0 Å². The highest BCUT2D eigenvalue weighted by atomic mass is 19.1. The van der Waals surface area contributed by atoms with Crippen LogP contribution in [-0.2, 0) is 11.3 Å². The number of benzene rings is 2. The average molecular weight is 336 g/mol. The van der Waals surface area contributed by atoms with Gasteiger partial charge < -0.3 is 14.5 Å². The number of hydrogen-bond acceptors (Lipinski definition) is 3. The summed E-state index contributed by atoms with van der Waals surface area (Å²) in [5, 5.41) is 2.14. The second-order valence-corrected chi connectivity index (χ2v) is 5.93. The van der Waals surface area contributed by atoms with Crippen molar-refractivity contribution in [3.05, 3.63) is 65.7 Å². The molecule has 2 heterocycles. The van der Waals surface area contributed by atoms with Crippen LogP contribution in [0.1, 0.15) is 11.3 Å². The maximum Gasteiger partial charge on any atom is 0.128 e. The first-order valence-electron chi connectivity index (χ1n) is 7.98. The molecule has 0 spiro atoms. The molecule has 0 bridgehead atoms. The predicted octanol–water partition coefficient (Wildman–Crippen LogP) is 5.10. The van der Waals surface area contributed by atoms with Crippen LogP contribution < -0.4 is 4.74 Å². The van der Waals surface area contributed by atoms with Gasteiger partial charge in [0.1, 0.15) is 17.3 Å². The monoisotopic (exact) mass is 336 g/mol. The summed E-state index contributed by atoms with van der Waals surface area (Å²) in [6.07, 6.45) is 1.84. The average Bonchev–Trinajstić information content (AvgIpc) is 2.98. The lowest BCUT2D eigenvalue weighted by molar-refractivity contribution is 0.185. The Morgan fingerprint density at radius 2 is 1.80 bits per heavy atom. The van der Waals surface area contributed by atoms with Gasteiger partial charge >= 0.3 is 0 Å². The lowest BCUT2D eigenvalue weighted by atomic mass is 10.1. The number of pyridine rings is 1. The van der Waals surface area contributed by atoms with Gasteiger partial charge in [-0.3, -0.25) is 4.98 Å². The number of H-pyrrole nitrogens is 1. The van der Waals surface area contributed by atoms with E-state index in [1.165, 1.54) is 12.1 Å². The molecule has 4 aromatic rings. The third-order valence-electron chi connectivity index (χ3n) is 4.26. The molecule has 0 amide bonds. The van der Waals surface area contributed by atoms with Crippen LogP contribution in [0.3, 0.4) is 0 Å². The Labute approximate surface area is 144 Å². The highest BCUT2D eigenvalue weighted by molar-refractivity contribution is 6.09. The number of ether oxygens (including phenoxy) is 2. The quantitative estimate of drug-likeness (QED) is 0.564. The Balaban J connectivity index is 1.84. The summed E-state index contributed by atoms with van der Waals surface area (Å²) in [5.41, 5.74) is 3.98. The number of aromatic amines is 1.